The molecule has 0 N–H and O–H groups in total. The van der Waals surface area contributed by atoms with Crippen LogP contribution in [0.2, 0.25) is 0 Å². The van der Waals surface area contributed by atoms with Crippen molar-refractivity contribution in [3.8, 4) is 0 Å². The van der Waals surface area contributed by atoms with E-state index in [9.17, 15) is 9.59 Å². The number of esters is 2. The maximum absolute atomic E-state index is 12.1. The Labute approximate surface area is 122 Å². The van der Waals surface area contributed by atoms with Crippen molar-refractivity contribution in [3.63, 3.8) is 0 Å². The molecule has 6 nitrogen and oxygen atoms in total. The first-order chi connectivity index (χ1) is 10.1. The lowest BCUT2D eigenvalue weighted by Gasteiger charge is -2.21. The molecule has 0 saturated carbocycles. The molecular formula is C15H17NO5. The normalized spacial score (nSPS) is 15.8. The first kappa shape index (κ1) is 15.0. The molecule has 0 bridgehead atoms. The van der Waals surface area contributed by atoms with Crippen LogP contribution in [0.5, 0.6) is 0 Å². The van der Waals surface area contributed by atoms with E-state index in [2.05, 4.69) is 5.16 Å². The first-order valence-electron chi connectivity index (χ1n) is 6.79. The molecule has 0 unspecified atom stereocenters. The zero-order valence-electron chi connectivity index (χ0n) is 12.0. The molecular weight excluding hydrogens is 274 g/mol. The van der Waals surface area contributed by atoms with Gasteiger partial charge in [0.15, 0.2) is 0 Å². The molecule has 1 aromatic rings. The number of oxime groups is 1. The molecule has 0 fully saturated rings. The molecule has 0 spiro atoms. The molecule has 6 heteroatoms. The summed E-state index contributed by atoms with van der Waals surface area (Å²) in [6, 6.07) is 9.20. The van der Waals surface area contributed by atoms with Gasteiger partial charge in [-0.15, -0.1) is 0 Å². The van der Waals surface area contributed by atoms with Gasteiger partial charge in [0.05, 0.1) is 25.3 Å². The van der Waals surface area contributed by atoms with Gasteiger partial charge in [-0.3, -0.25) is 0 Å². The predicted molar refractivity (Wildman–Crippen MR) is 74.7 cm³/mol. The summed E-state index contributed by atoms with van der Waals surface area (Å²) >= 11 is 0. The van der Waals surface area contributed by atoms with E-state index >= 15 is 0 Å². The van der Waals surface area contributed by atoms with Crippen LogP contribution in [0.25, 0.3) is 0 Å². The van der Waals surface area contributed by atoms with Crippen LogP contribution in [0.15, 0.2) is 35.5 Å². The van der Waals surface area contributed by atoms with Gasteiger partial charge >= 0.3 is 17.5 Å². The number of nitrogens with zero attached hydrogens (tertiary/aromatic N) is 1. The molecule has 21 heavy (non-hydrogen) atoms. The largest absolute Gasteiger partial charge is 0.462 e. The molecule has 0 amide bonds. The molecule has 0 saturated heterocycles. The summed E-state index contributed by atoms with van der Waals surface area (Å²) in [6.07, 6.45) is -0.00528. The highest BCUT2D eigenvalue weighted by molar-refractivity contribution is 6.13. The standard InChI is InChI=1S/C15H17NO5/c1-3-19-13(17)15(14(18)20-4-2)10-12(16-21-15)11-8-6-5-7-9-11/h5-9H,3-4,10H2,1-2H3. The fraction of sp³-hybridized carbons (Fsp3) is 0.400. The molecule has 1 aliphatic rings. The number of carbonyl (C=O) groups excluding carboxylic acids is 2. The van der Waals surface area contributed by atoms with Crippen molar-refractivity contribution in [2.45, 2.75) is 25.9 Å². The summed E-state index contributed by atoms with van der Waals surface area (Å²) in [7, 11) is 0. The van der Waals surface area contributed by atoms with E-state index in [1.165, 1.54) is 0 Å². The van der Waals surface area contributed by atoms with E-state index in [-0.39, 0.29) is 19.6 Å². The monoisotopic (exact) mass is 291 g/mol. The Kier molecular flexibility index (Phi) is 4.57. The van der Waals surface area contributed by atoms with Crippen molar-refractivity contribution < 1.29 is 23.9 Å². The van der Waals surface area contributed by atoms with E-state index in [0.29, 0.717) is 5.71 Å². The number of ether oxygens (including phenoxy) is 2. The van der Waals surface area contributed by atoms with Crippen LogP contribution in [0.4, 0.5) is 0 Å². The van der Waals surface area contributed by atoms with Crippen LogP contribution in [-0.2, 0) is 23.9 Å². The Morgan fingerprint density at radius 2 is 1.71 bits per heavy atom. The van der Waals surface area contributed by atoms with Gasteiger partial charge in [-0.2, -0.15) is 0 Å². The van der Waals surface area contributed by atoms with Gasteiger partial charge in [-0.25, -0.2) is 9.59 Å². The van der Waals surface area contributed by atoms with Crippen molar-refractivity contribution >= 4 is 17.7 Å². The Hall–Kier alpha value is -2.37. The molecule has 0 atom stereocenters. The minimum atomic E-state index is -1.84. The second-order valence-electron chi connectivity index (χ2n) is 4.44. The molecule has 0 aliphatic carbocycles. The van der Waals surface area contributed by atoms with Gasteiger partial charge in [-0.1, -0.05) is 35.5 Å². The lowest BCUT2D eigenvalue weighted by molar-refractivity contribution is -0.187. The smallest absolute Gasteiger partial charge is 0.365 e. The third-order valence-corrected chi connectivity index (χ3v) is 3.05. The summed E-state index contributed by atoms with van der Waals surface area (Å²) in [5, 5.41) is 3.88. The van der Waals surface area contributed by atoms with Crippen LogP contribution >= 0.6 is 0 Å². The van der Waals surface area contributed by atoms with Crippen LogP contribution in [0, 0.1) is 0 Å². The Morgan fingerprint density at radius 1 is 1.14 bits per heavy atom. The lowest BCUT2D eigenvalue weighted by atomic mass is 9.94. The maximum Gasteiger partial charge on any atom is 0.365 e. The number of hydrogen-bond acceptors (Lipinski definition) is 6. The quantitative estimate of drug-likeness (QED) is 0.609. The first-order valence-corrected chi connectivity index (χ1v) is 6.79. The Morgan fingerprint density at radius 3 is 2.24 bits per heavy atom. The van der Waals surface area contributed by atoms with Gasteiger partial charge in [0.1, 0.15) is 0 Å². The number of hydrogen-bond donors (Lipinski definition) is 0. The summed E-state index contributed by atoms with van der Waals surface area (Å²) in [6.45, 7) is 3.60. The van der Waals surface area contributed by atoms with Gasteiger partial charge in [-0.05, 0) is 19.4 Å². The average molecular weight is 291 g/mol. The highest BCUT2D eigenvalue weighted by Crippen LogP contribution is 2.30. The minimum absolute atomic E-state index is 0.00528. The summed E-state index contributed by atoms with van der Waals surface area (Å²) < 4.78 is 9.89. The maximum atomic E-state index is 12.1. The van der Waals surface area contributed by atoms with Crippen molar-refractivity contribution in [2.75, 3.05) is 13.2 Å². The van der Waals surface area contributed by atoms with E-state index in [0.717, 1.165) is 5.56 Å². The SMILES string of the molecule is CCOC(=O)C1(C(=O)OCC)CC(c2ccccc2)=NO1. The van der Waals surface area contributed by atoms with Gasteiger partial charge < -0.3 is 14.3 Å². The second-order valence-corrected chi connectivity index (χ2v) is 4.44. The zero-order chi connectivity index (χ0) is 15.3. The van der Waals surface area contributed by atoms with Crippen LogP contribution < -0.4 is 0 Å². The average Bonchev–Trinajstić information content (AvgIpc) is 2.95. The zero-order valence-corrected chi connectivity index (χ0v) is 12.0. The van der Waals surface area contributed by atoms with Crippen LogP contribution in [-0.4, -0.2) is 36.5 Å². The van der Waals surface area contributed by atoms with Crippen molar-refractivity contribution in [3.05, 3.63) is 35.9 Å². The summed E-state index contributed by atoms with van der Waals surface area (Å²) in [5.74, 6) is -1.56. The van der Waals surface area contributed by atoms with Crippen molar-refractivity contribution in [2.24, 2.45) is 5.16 Å². The number of carbonyl (C=O) groups is 2. The predicted octanol–water partition coefficient (Wildman–Crippen LogP) is 1.68. The van der Waals surface area contributed by atoms with E-state index in [4.69, 9.17) is 14.3 Å². The molecule has 0 aromatic heterocycles. The van der Waals surface area contributed by atoms with Crippen molar-refractivity contribution in [1.82, 2.24) is 0 Å². The van der Waals surface area contributed by atoms with E-state index < -0.39 is 17.5 Å². The third kappa shape index (κ3) is 2.89. The van der Waals surface area contributed by atoms with Crippen LogP contribution in [0.1, 0.15) is 25.8 Å². The molecule has 112 valence electrons. The second kappa shape index (κ2) is 6.39. The Balaban J connectivity index is 2.25. The molecule has 1 aliphatic heterocycles. The van der Waals surface area contributed by atoms with Gasteiger partial charge in [0, 0.05) is 0 Å². The molecule has 1 heterocycles. The van der Waals surface area contributed by atoms with E-state index in [1.807, 2.05) is 30.3 Å². The summed E-state index contributed by atoms with van der Waals surface area (Å²) in [5.41, 5.74) is -0.540. The lowest BCUT2D eigenvalue weighted by Crippen LogP contribution is -2.49. The fourth-order valence-electron chi connectivity index (χ4n) is 2.02. The van der Waals surface area contributed by atoms with E-state index in [1.54, 1.807) is 13.8 Å². The van der Waals surface area contributed by atoms with Crippen molar-refractivity contribution in [1.29, 1.82) is 0 Å². The highest BCUT2D eigenvalue weighted by atomic mass is 16.7. The minimum Gasteiger partial charge on any atom is -0.462 e. The molecule has 0 radical (unpaired) electrons. The molecule has 1 aromatic carbocycles. The highest BCUT2D eigenvalue weighted by Gasteiger charge is 2.56. The number of rotatable bonds is 5. The Bertz CT molecular complexity index is 534. The van der Waals surface area contributed by atoms with Crippen LogP contribution in [0.3, 0.4) is 0 Å². The number of benzene rings is 1. The molecule has 2 rings (SSSR count). The van der Waals surface area contributed by atoms with Gasteiger partial charge in [0.25, 0.3) is 0 Å². The third-order valence-electron chi connectivity index (χ3n) is 3.05. The van der Waals surface area contributed by atoms with Gasteiger partial charge in [0.2, 0.25) is 0 Å². The summed E-state index contributed by atoms with van der Waals surface area (Å²) in [4.78, 5) is 29.5. The fourth-order valence-corrected chi connectivity index (χ4v) is 2.02. The topological polar surface area (TPSA) is 74.2 Å².